The van der Waals surface area contributed by atoms with E-state index in [1.807, 2.05) is 50.5 Å². The number of rotatable bonds is 11. The molecule has 0 saturated carbocycles. The molecule has 0 aliphatic carbocycles. The molecule has 2 fully saturated rings. The normalized spacial score (nSPS) is 16.0. The standard InChI is InChI=1S/C32H36Cl2N8O2/c1-35-31-27(17-41-13-19(14-41)43-3)37-11-25(39-31)23-9-5-7-21(29(23)33)22-8-6-10-24(30(22)34)26-12-38-28(32(36-2)40-26)18-42-15-20(16-42)44-4/h5-12,19-20H,13-18H2,1-4H3,(H,35,39)(H,36,40). The lowest BCUT2D eigenvalue weighted by Gasteiger charge is -2.37. The highest BCUT2D eigenvalue weighted by molar-refractivity contribution is 6.39. The topological polar surface area (TPSA) is 101 Å². The number of nitrogens with zero attached hydrogens (tertiary/aromatic N) is 6. The van der Waals surface area contributed by atoms with Crippen molar-refractivity contribution in [1.29, 1.82) is 0 Å². The van der Waals surface area contributed by atoms with E-state index >= 15 is 0 Å². The van der Waals surface area contributed by atoms with Crippen LogP contribution in [0.4, 0.5) is 11.6 Å². The Balaban J connectivity index is 1.27. The molecule has 12 heteroatoms. The minimum Gasteiger partial charge on any atom is -0.379 e. The molecule has 0 amide bonds. The largest absolute Gasteiger partial charge is 0.379 e. The summed E-state index contributed by atoms with van der Waals surface area (Å²) in [6, 6.07) is 11.7. The van der Waals surface area contributed by atoms with Crippen molar-refractivity contribution >= 4 is 34.8 Å². The zero-order valence-corrected chi connectivity index (χ0v) is 26.8. The second-order valence-electron chi connectivity index (χ2n) is 11.0. The van der Waals surface area contributed by atoms with Crippen LogP contribution in [0.2, 0.25) is 10.0 Å². The minimum atomic E-state index is 0.281. The summed E-state index contributed by atoms with van der Waals surface area (Å²) in [5.74, 6) is 1.44. The highest BCUT2D eigenvalue weighted by Gasteiger charge is 2.29. The number of aromatic nitrogens is 4. The van der Waals surface area contributed by atoms with Gasteiger partial charge in [0.15, 0.2) is 0 Å². The predicted molar refractivity (Wildman–Crippen MR) is 175 cm³/mol. The Morgan fingerprint density at radius 1 is 0.682 bits per heavy atom. The van der Waals surface area contributed by atoms with E-state index in [1.165, 1.54) is 0 Å². The van der Waals surface area contributed by atoms with Crippen molar-refractivity contribution in [2.75, 3.05) is 65.1 Å². The molecule has 0 atom stereocenters. The van der Waals surface area contributed by atoms with Gasteiger partial charge in [-0.15, -0.1) is 0 Å². The first kappa shape index (κ1) is 30.6. The van der Waals surface area contributed by atoms with Crippen LogP contribution in [0.3, 0.4) is 0 Å². The average Bonchev–Trinajstić information content (AvgIpc) is 3.01. The summed E-state index contributed by atoms with van der Waals surface area (Å²) in [6.07, 6.45) is 4.12. The summed E-state index contributed by atoms with van der Waals surface area (Å²) in [6.45, 7) is 4.94. The second-order valence-corrected chi connectivity index (χ2v) is 11.8. The smallest absolute Gasteiger partial charge is 0.149 e. The number of hydrogen-bond acceptors (Lipinski definition) is 10. The maximum Gasteiger partial charge on any atom is 0.149 e. The summed E-state index contributed by atoms with van der Waals surface area (Å²) in [5.41, 5.74) is 6.24. The molecular weight excluding hydrogens is 599 g/mol. The van der Waals surface area contributed by atoms with Gasteiger partial charge in [-0.05, 0) is 0 Å². The number of anilines is 2. The molecule has 230 valence electrons. The van der Waals surface area contributed by atoms with Crippen LogP contribution in [0.25, 0.3) is 33.6 Å². The molecule has 6 rings (SSSR count). The number of nitrogens with one attached hydrogen (secondary N) is 2. The van der Waals surface area contributed by atoms with Crippen molar-refractivity contribution in [3.8, 4) is 33.6 Å². The number of benzene rings is 2. The minimum absolute atomic E-state index is 0.281. The quantitative estimate of drug-likeness (QED) is 0.225. The van der Waals surface area contributed by atoms with E-state index in [-0.39, 0.29) is 12.2 Å². The zero-order valence-electron chi connectivity index (χ0n) is 25.3. The summed E-state index contributed by atoms with van der Waals surface area (Å²) < 4.78 is 10.8. The highest BCUT2D eigenvalue weighted by atomic mass is 35.5. The van der Waals surface area contributed by atoms with Crippen molar-refractivity contribution in [3.63, 3.8) is 0 Å². The molecule has 2 aromatic heterocycles. The van der Waals surface area contributed by atoms with Gasteiger partial charge < -0.3 is 20.1 Å². The fraction of sp³-hybridized carbons (Fsp3) is 0.375. The lowest BCUT2D eigenvalue weighted by molar-refractivity contribution is -0.0339. The van der Waals surface area contributed by atoms with Crippen LogP contribution in [0.5, 0.6) is 0 Å². The molecule has 10 nitrogen and oxygen atoms in total. The lowest BCUT2D eigenvalue weighted by atomic mass is 9.98. The molecule has 44 heavy (non-hydrogen) atoms. The third-order valence-electron chi connectivity index (χ3n) is 8.27. The maximum atomic E-state index is 7.07. The molecule has 2 N–H and O–H groups in total. The van der Waals surface area contributed by atoms with Gasteiger partial charge in [-0.3, -0.25) is 19.8 Å². The number of likely N-dealkylation sites (tertiary alicyclic amines) is 2. The van der Waals surface area contributed by atoms with E-state index in [0.29, 0.717) is 34.5 Å². The van der Waals surface area contributed by atoms with E-state index in [0.717, 1.165) is 71.5 Å². The molecular formula is C32H36Cl2N8O2. The van der Waals surface area contributed by atoms with Gasteiger partial charge in [-0.1, -0.05) is 59.6 Å². The van der Waals surface area contributed by atoms with Crippen LogP contribution in [0.1, 0.15) is 11.4 Å². The molecule has 0 bridgehead atoms. The third kappa shape index (κ3) is 6.10. The summed E-state index contributed by atoms with van der Waals surface area (Å²) >= 11 is 14.1. The summed E-state index contributed by atoms with van der Waals surface area (Å²) in [7, 11) is 7.19. The van der Waals surface area contributed by atoms with Crippen LogP contribution in [-0.2, 0) is 22.6 Å². The first-order chi connectivity index (χ1) is 21.4. The molecule has 2 aliphatic heterocycles. The van der Waals surface area contributed by atoms with Gasteiger partial charge in [0.2, 0.25) is 0 Å². The Morgan fingerprint density at radius 3 is 1.43 bits per heavy atom. The van der Waals surface area contributed by atoms with Gasteiger partial charge in [0.05, 0.1) is 57.4 Å². The van der Waals surface area contributed by atoms with E-state index in [2.05, 4.69) is 20.4 Å². The zero-order chi connectivity index (χ0) is 30.8. The van der Waals surface area contributed by atoms with Gasteiger partial charge in [-0.25, -0.2) is 9.97 Å². The first-order valence-electron chi connectivity index (χ1n) is 14.6. The second kappa shape index (κ2) is 13.3. The molecule has 0 unspecified atom stereocenters. The Bertz CT molecular complexity index is 1520. The van der Waals surface area contributed by atoms with E-state index < -0.39 is 0 Å². The van der Waals surface area contributed by atoms with Crippen LogP contribution >= 0.6 is 23.2 Å². The first-order valence-corrected chi connectivity index (χ1v) is 15.3. The van der Waals surface area contributed by atoms with Gasteiger partial charge in [0.25, 0.3) is 0 Å². The number of hydrogen-bond donors (Lipinski definition) is 2. The fourth-order valence-electron chi connectivity index (χ4n) is 5.62. The van der Waals surface area contributed by atoms with Crippen LogP contribution in [-0.4, -0.2) is 96.4 Å². The van der Waals surface area contributed by atoms with E-state index in [9.17, 15) is 0 Å². The average molecular weight is 636 g/mol. The van der Waals surface area contributed by atoms with Crippen LogP contribution < -0.4 is 10.6 Å². The Hall–Kier alpha value is -3.38. The molecule has 4 aromatic rings. The fourth-order valence-corrected chi connectivity index (χ4v) is 6.27. The van der Waals surface area contributed by atoms with Crippen LogP contribution in [0.15, 0.2) is 48.8 Å². The van der Waals surface area contributed by atoms with Crippen molar-refractivity contribution in [2.45, 2.75) is 25.3 Å². The van der Waals surface area contributed by atoms with Crippen molar-refractivity contribution in [2.24, 2.45) is 0 Å². The number of methoxy groups -OCH3 is 2. The maximum absolute atomic E-state index is 7.07. The van der Waals surface area contributed by atoms with E-state index in [1.54, 1.807) is 26.6 Å². The summed E-state index contributed by atoms with van der Waals surface area (Å²) in [5, 5.41) is 7.48. The predicted octanol–water partition coefficient (Wildman–Crippen LogP) is 5.32. The molecule has 2 saturated heterocycles. The van der Waals surface area contributed by atoms with Gasteiger partial charge in [0, 0.05) is 89.8 Å². The Labute approximate surface area is 267 Å². The number of ether oxygens (including phenoxy) is 2. The molecule has 0 spiro atoms. The van der Waals surface area contributed by atoms with Gasteiger partial charge in [0.1, 0.15) is 11.6 Å². The van der Waals surface area contributed by atoms with E-state index in [4.69, 9.17) is 52.6 Å². The monoisotopic (exact) mass is 634 g/mol. The van der Waals surface area contributed by atoms with Gasteiger partial charge >= 0.3 is 0 Å². The SMILES string of the molecule is CNc1nc(-c2cccc(-c3cccc(-c4cnc(CN5CC(OC)C5)c(NC)n4)c3Cl)c2Cl)cnc1CN1CC(OC)C1. The van der Waals surface area contributed by atoms with Crippen molar-refractivity contribution < 1.29 is 9.47 Å². The lowest BCUT2D eigenvalue weighted by Crippen LogP contribution is -2.51. The molecule has 2 aromatic carbocycles. The number of halogens is 2. The molecule has 4 heterocycles. The Kier molecular flexibility index (Phi) is 9.27. The third-order valence-corrected chi connectivity index (χ3v) is 9.08. The molecule has 0 radical (unpaired) electrons. The van der Waals surface area contributed by atoms with Gasteiger partial charge in [-0.2, -0.15) is 0 Å². The highest BCUT2D eigenvalue weighted by Crippen LogP contribution is 2.42. The molecule has 2 aliphatic rings. The van der Waals surface area contributed by atoms with Crippen molar-refractivity contribution in [1.82, 2.24) is 29.7 Å². The van der Waals surface area contributed by atoms with Crippen molar-refractivity contribution in [3.05, 3.63) is 70.2 Å². The Morgan fingerprint density at radius 2 is 1.07 bits per heavy atom. The summed E-state index contributed by atoms with van der Waals surface area (Å²) in [4.78, 5) is 23.8. The van der Waals surface area contributed by atoms with Crippen LogP contribution in [0, 0.1) is 0 Å².